The molecule has 0 bridgehead atoms. The van der Waals surface area contributed by atoms with Gasteiger partial charge in [-0.05, 0) is 37.1 Å². The molecule has 1 saturated heterocycles. The third-order valence-electron chi connectivity index (χ3n) is 5.58. The molecule has 3 rings (SSSR count). The van der Waals surface area contributed by atoms with Gasteiger partial charge in [0.05, 0.1) is 16.7 Å². The topological polar surface area (TPSA) is 128 Å². The van der Waals surface area contributed by atoms with Crippen LogP contribution in [0.3, 0.4) is 0 Å². The molecule has 2 aromatic rings. The fourth-order valence-electron chi connectivity index (χ4n) is 3.43. The first kappa shape index (κ1) is 22.9. The van der Waals surface area contributed by atoms with Crippen LogP contribution in [-0.4, -0.2) is 51.6 Å². The number of β-amino-alcohol motifs (C(OH)–C–C–N with tert-alkyl or cyclic N) is 1. The van der Waals surface area contributed by atoms with Gasteiger partial charge in [0.25, 0.3) is 5.56 Å². The van der Waals surface area contributed by atoms with Crippen LogP contribution in [0.4, 0.5) is 0 Å². The maximum atomic E-state index is 13.1. The van der Waals surface area contributed by atoms with Crippen molar-refractivity contribution in [2.45, 2.75) is 43.9 Å². The standard InChI is InChI=1S/C20H25N3O7S/c1-12-5-6-16(7-13(12)2)31(28,29)23-10-15(24)9-17(23)19(26)30-11-14-8-18(25)22(4)20(27)21(14)3/h5-8,15,17,24H,9-11H2,1-4H3. The minimum absolute atomic E-state index is 0.0245. The molecule has 0 saturated carbocycles. The van der Waals surface area contributed by atoms with Gasteiger partial charge in [-0.1, -0.05) is 6.07 Å². The Labute approximate surface area is 179 Å². The third kappa shape index (κ3) is 4.34. The lowest BCUT2D eigenvalue weighted by Crippen LogP contribution is -2.42. The van der Waals surface area contributed by atoms with Crippen LogP contribution in [-0.2, 0) is 40.3 Å². The number of hydrogen-bond donors (Lipinski definition) is 1. The summed E-state index contributed by atoms with van der Waals surface area (Å²) in [7, 11) is -1.29. The fraction of sp³-hybridized carbons (Fsp3) is 0.450. The van der Waals surface area contributed by atoms with Crippen molar-refractivity contribution in [3.8, 4) is 0 Å². The summed E-state index contributed by atoms with van der Waals surface area (Å²) < 4.78 is 34.5. The Morgan fingerprint density at radius 2 is 1.81 bits per heavy atom. The molecule has 0 aliphatic carbocycles. The lowest BCUT2D eigenvalue weighted by atomic mass is 10.1. The Hall–Kier alpha value is -2.76. The minimum atomic E-state index is -4.05. The van der Waals surface area contributed by atoms with Crippen molar-refractivity contribution in [3.05, 3.63) is 61.9 Å². The van der Waals surface area contributed by atoms with Crippen molar-refractivity contribution in [3.63, 3.8) is 0 Å². The molecule has 1 aromatic carbocycles. The molecule has 1 aliphatic rings. The number of aliphatic hydroxyl groups excluding tert-OH is 1. The van der Waals surface area contributed by atoms with Crippen molar-refractivity contribution < 1.29 is 23.1 Å². The molecule has 2 unspecified atom stereocenters. The van der Waals surface area contributed by atoms with E-state index in [0.29, 0.717) is 0 Å². The molecule has 1 N–H and O–H groups in total. The molecule has 168 valence electrons. The second-order valence-electron chi connectivity index (χ2n) is 7.71. The van der Waals surface area contributed by atoms with Gasteiger partial charge in [-0.15, -0.1) is 0 Å². The smallest absolute Gasteiger partial charge is 0.330 e. The predicted octanol–water partition coefficient (Wildman–Crippen LogP) is -0.432. The molecule has 0 radical (unpaired) electrons. The van der Waals surface area contributed by atoms with E-state index >= 15 is 0 Å². The van der Waals surface area contributed by atoms with Gasteiger partial charge in [0.1, 0.15) is 12.6 Å². The van der Waals surface area contributed by atoms with Gasteiger partial charge in [-0.3, -0.25) is 18.7 Å². The maximum Gasteiger partial charge on any atom is 0.330 e. The first-order valence-corrected chi connectivity index (χ1v) is 11.1. The lowest BCUT2D eigenvalue weighted by molar-refractivity contribution is -0.149. The van der Waals surface area contributed by atoms with E-state index in [9.17, 15) is 27.9 Å². The second-order valence-corrected chi connectivity index (χ2v) is 9.60. The number of aromatic nitrogens is 2. The molecule has 1 aliphatic heterocycles. The van der Waals surface area contributed by atoms with Crippen LogP contribution in [0.1, 0.15) is 23.2 Å². The van der Waals surface area contributed by atoms with Crippen LogP contribution in [0.15, 0.2) is 38.8 Å². The average molecular weight is 452 g/mol. The summed E-state index contributed by atoms with van der Waals surface area (Å²) in [5.41, 5.74) is 0.754. The highest BCUT2D eigenvalue weighted by molar-refractivity contribution is 7.89. The van der Waals surface area contributed by atoms with E-state index in [1.54, 1.807) is 13.0 Å². The van der Waals surface area contributed by atoms with Crippen molar-refractivity contribution in [2.75, 3.05) is 6.54 Å². The Balaban J connectivity index is 1.84. The fourth-order valence-corrected chi connectivity index (χ4v) is 5.14. The second kappa shape index (κ2) is 8.40. The van der Waals surface area contributed by atoms with E-state index in [4.69, 9.17) is 4.74 Å². The summed E-state index contributed by atoms with van der Waals surface area (Å²) in [5, 5.41) is 10.1. The van der Waals surface area contributed by atoms with Crippen molar-refractivity contribution >= 4 is 16.0 Å². The summed E-state index contributed by atoms with van der Waals surface area (Å²) in [5.74, 6) is -0.864. The first-order chi connectivity index (χ1) is 14.4. The number of hydrogen-bond acceptors (Lipinski definition) is 7. The van der Waals surface area contributed by atoms with Crippen LogP contribution >= 0.6 is 0 Å². The summed E-state index contributed by atoms with van der Waals surface area (Å²) in [6.07, 6.45) is -1.13. The highest BCUT2D eigenvalue weighted by Crippen LogP contribution is 2.28. The van der Waals surface area contributed by atoms with Gasteiger partial charge in [-0.25, -0.2) is 13.2 Å². The van der Waals surface area contributed by atoms with Crippen LogP contribution in [0.25, 0.3) is 0 Å². The highest BCUT2D eigenvalue weighted by atomic mass is 32.2. The van der Waals surface area contributed by atoms with Crippen molar-refractivity contribution in [1.29, 1.82) is 0 Å². The Morgan fingerprint density at radius 3 is 2.45 bits per heavy atom. The molecule has 31 heavy (non-hydrogen) atoms. The Bertz CT molecular complexity index is 1250. The number of aliphatic hydroxyl groups is 1. The number of aryl methyl sites for hydroxylation is 2. The van der Waals surface area contributed by atoms with E-state index in [2.05, 4.69) is 0 Å². The number of carbonyl (C=O) groups is 1. The zero-order valence-electron chi connectivity index (χ0n) is 17.7. The van der Waals surface area contributed by atoms with Crippen molar-refractivity contribution in [2.24, 2.45) is 14.1 Å². The number of rotatable bonds is 5. The molecule has 2 atom stereocenters. The molecule has 11 heteroatoms. The highest BCUT2D eigenvalue weighted by Gasteiger charge is 2.44. The quantitative estimate of drug-likeness (QED) is 0.611. The molecule has 1 aromatic heterocycles. The number of ether oxygens (including phenoxy) is 1. The first-order valence-electron chi connectivity index (χ1n) is 9.63. The average Bonchev–Trinajstić information content (AvgIpc) is 3.12. The number of nitrogens with zero attached hydrogens (tertiary/aromatic N) is 3. The predicted molar refractivity (Wildman–Crippen MR) is 111 cm³/mol. The van der Waals surface area contributed by atoms with Crippen LogP contribution in [0.2, 0.25) is 0 Å². The van der Waals surface area contributed by atoms with E-state index in [1.165, 1.54) is 36.9 Å². The van der Waals surface area contributed by atoms with E-state index in [-0.39, 0.29) is 30.2 Å². The minimum Gasteiger partial charge on any atom is -0.458 e. The van der Waals surface area contributed by atoms with Crippen LogP contribution in [0.5, 0.6) is 0 Å². The SMILES string of the molecule is Cc1ccc(S(=O)(=O)N2CC(O)CC2C(=O)OCc2cc(=O)n(C)c(=O)n2C)cc1C. The molecule has 10 nitrogen and oxygen atoms in total. The van der Waals surface area contributed by atoms with Crippen LogP contribution in [0, 0.1) is 13.8 Å². The monoisotopic (exact) mass is 451 g/mol. The molecule has 2 heterocycles. The largest absolute Gasteiger partial charge is 0.458 e. The maximum absolute atomic E-state index is 13.1. The summed E-state index contributed by atoms with van der Waals surface area (Å²) in [6.45, 7) is 3.02. The summed E-state index contributed by atoms with van der Waals surface area (Å²) in [4.78, 5) is 36.6. The summed E-state index contributed by atoms with van der Waals surface area (Å²) in [6, 6.07) is 4.61. The van der Waals surface area contributed by atoms with Gasteiger partial charge >= 0.3 is 11.7 Å². The van der Waals surface area contributed by atoms with Crippen LogP contribution < -0.4 is 11.2 Å². The number of sulfonamides is 1. The molecule has 0 amide bonds. The van der Waals surface area contributed by atoms with Gasteiger partial charge in [0, 0.05) is 33.1 Å². The van der Waals surface area contributed by atoms with Gasteiger partial charge < -0.3 is 9.84 Å². The normalized spacial score (nSPS) is 19.5. The Morgan fingerprint density at radius 1 is 1.13 bits per heavy atom. The van der Waals surface area contributed by atoms with E-state index < -0.39 is 39.4 Å². The van der Waals surface area contributed by atoms with Crippen molar-refractivity contribution in [1.82, 2.24) is 13.4 Å². The number of carbonyl (C=O) groups excluding carboxylic acids is 1. The van der Waals surface area contributed by atoms with E-state index in [1.807, 2.05) is 6.92 Å². The van der Waals surface area contributed by atoms with Gasteiger partial charge in [0.15, 0.2) is 0 Å². The lowest BCUT2D eigenvalue weighted by Gasteiger charge is -2.23. The summed E-state index contributed by atoms with van der Waals surface area (Å²) >= 11 is 0. The zero-order chi connectivity index (χ0) is 23.1. The molecular weight excluding hydrogens is 426 g/mol. The zero-order valence-corrected chi connectivity index (χ0v) is 18.5. The number of esters is 1. The molecular formula is C20H25N3O7S. The molecule has 0 spiro atoms. The third-order valence-corrected chi connectivity index (χ3v) is 7.45. The Kier molecular flexibility index (Phi) is 6.21. The van der Waals surface area contributed by atoms with Gasteiger partial charge in [0.2, 0.25) is 10.0 Å². The molecule has 1 fully saturated rings. The van der Waals surface area contributed by atoms with Gasteiger partial charge in [-0.2, -0.15) is 4.31 Å². The number of benzene rings is 1. The van der Waals surface area contributed by atoms with E-state index in [0.717, 1.165) is 20.0 Å².